The molecular formula is C19H23N3O3S. The maximum absolute atomic E-state index is 12.4. The van der Waals surface area contributed by atoms with Crippen LogP contribution >= 0.6 is 11.3 Å². The first-order valence-electron chi connectivity index (χ1n) is 8.59. The number of para-hydroxylation sites is 2. The predicted octanol–water partition coefficient (Wildman–Crippen LogP) is 2.14. The maximum Gasteiger partial charge on any atom is 0.261 e. The Balaban J connectivity index is 1.50. The Hall–Kier alpha value is -2.54. The summed E-state index contributed by atoms with van der Waals surface area (Å²) in [6, 6.07) is 11.6. The molecule has 0 spiro atoms. The van der Waals surface area contributed by atoms with Crippen LogP contribution in [0, 0.1) is 6.92 Å². The van der Waals surface area contributed by atoms with Gasteiger partial charge in [0.15, 0.2) is 0 Å². The van der Waals surface area contributed by atoms with E-state index in [9.17, 15) is 9.59 Å². The molecule has 7 heteroatoms. The van der Waals surface area contributed by atoms with Crippen molar-refractivity contribution in [1.29, 1.82) is 0 Å². The topological polar surface area (TPSA) is 61.9 Å². The molecule has 1 N–H and O–H groups in total. The minimum absolute atomic E-state index is 0.0322. The van der Waals surface area contributed by atoms with Gasteiger partial charge in [0.2, 0.25) is 5.91 Å². The van der Waals surface area contributed by atoms with Crippen LogP contribution in [-0.4, -0.2) is 56.5 Å². The SMILES string of the molecule is COc1ccccc1N1CCN(C(=O)CNC(=O)c2ccc(C)s2)CC1. The molecule has 6 nitrogen and oxygen atoms in total. The highest BCUT2D eigenvalue weighted by atomic mass is 32.1. The second kappa shape index (κ2) is 8.23. The summed E-state index contributed by atoms with van der Waals surface area (Å²) in [4.78, 5) is 30.2. The van der Waals surface area contributed by atoms with Gasteiger partial charge >= 0.3 is 0 Å². The molecule has 1 aliphatic rings. The summed E-state index contributed by atoms with van der Waals surface area (Å²) >= 11 is 1.43. The lowest BCUT2D eigenvalue weighted by molar-refractivity contribution is -0.130. The standard InChI is InChI=1S/C19H23N3O3S/c1-14-7-8-17(26-14)19(24)20-13-18(23)22-11-9-21(10-12-22)15-5-3-4-6-16(15)25-2/h3-8H,9-13H2,1-2H3,(H,20,24). The number of nitrogens with zero attached hydrogens (tertiary/aromatic N) is 2. The Morgan fingerprint density at radius 3 is 2.50 bits per heavy atom. The van der Waals surface area contributed by atoms with E-state index in [0.29, 0.717) is 18.0 Å². The fraction of sp³-hybridized carbons (Fsp3) is 0.368. The number of anilines is 1. The van der Waals surface area contributed by atoms with E-state index in [4.69, 9.17) is 4.74 Å². The van der Waals surface area contributed by atoms with Crippen molar-refractivity contribution in [2.75, 3.05) is 44.7 Å². The summed E-state index contributed by atoms with van der Waals surface area (Å²) in [6.45, 7) is 4.72. The highest BCUT2D eigenvalue weighted by Crippen LogP contribution is 2.28. The molecule has 0 bridgehead atoms. The second-order valence-electron chi connectivity index (χ2n) is 6.13. The summed E-state index contributed by atoms with van der Waals surface area (Å²) in [5, 5.41) is 2.72. The van der Waals surface area contributed by atoms with Gasteiger partial charge in [0.05, 0.1) is 24.2 Å². The fourth-order valence-electron chi connectivity index (χ4n) is 3.00. The van der Waals surface area contributed by atoms with Gasteiger partial charge in [-0.3, -0.25) is 9.59 Å². The second-order valence-corrected chi connectivity index (χ2v) is 7.42. The summed E-state index contributed by atoms with van der Waals surface area (Å²) in [7, 11) is 1.66. The van der Waals surface area contributed by atoms with Crippen molar-refractivity contribution in [2.24, 2.45) is 0 Å². The number of methoxy groups -OCH3 is 1. The summed E-state index contributed by atoms with van der Waals surface area (Å²) in [5.74, 6) is 0.598. The molecule has 0 saturated carbocycles. The predicted molar refractivity (Wildman–Crippen MR) is 103 cm³/mol. The Bertz CT molecular complexity index is 782. The number of rotatable bonds is 5. The van der Waals surface area contributed by atoms with Crippen LogP contribution < -0.4 is 15.0 Å². The van der Waals surface area contributed by atoms with Crippen LogP contribution in [0.5, 0.6) is 5.75 Å². The number of carbonyl (C=O) groups is 2. The zero-order chi connectivity index (χ0) is 18.5. The largest absolute Gasteiger partial charge is 0.495 e. The molecule has 1 fully saturated rings. The van der Waals surface area contributed by atoms with Gasteiger partial charge in [-0.2, -0.15) is 0 Å². The van der Waals surface area contributed by atoms with Crippen LogP contribution in [0.1, 0.15) is 14.5 Å². The summed E-state index contributed by atoms with van der Waals surface area (Å²) < 4.78 is 5.41. The molecule has 26 heavy (non-hydrogen) atoms. The number of carbonyl (C=O) groups excluding carboxylic acids is 2. The third-order valence-electron chi connectivity index (χ3n) is 4.42. The van der Waals surface area contributed by atoms with Crippen molar-refractivity contribution in [3.8, 4) is 5.75 Å². The smallest absolute Gasteiger partial charge is 0.261 e. The molecule has 1 aromatic heterocycles. The zero-order valence-electron chi connectivity index (χ0n) is 15.0. The van der Waals surface area contributed by atoms with Gasteiger partial charge in [0.25, 0.3) is 5.91 Å². The average Bonchev–Trinajstić information content (AvgIpc) is 3.12. The third-order valence-corrected chi connectivity index (χ3v) is 5.42. The number of piperazine rings is 1. The molecule has 2 heterocycles. The Morgan fingerprint density at radius 1 is 1.12 bits per heavy atom. The van der Waals surface area contributed by atoms with Crippen LogP contribution in [0.15, 0.2) is 36.4 Å². The number of nitrogens with one attached hydrogen (secondary N) is 1. The van der Waals surface area contributed by atoms with E-state index in [1.54, 1.807) is 18.1 Å². The first-order valence-corrected chi connectivity index (χ1v) is 9.40. The number of aryl methyl sites for hydroxylation is 1. The van der Waals surface area contributed by atoms with Crippen LogP contribution in [0.4, 0.5) is 5.69 Å². The molecule has 138 valence electrons. The first kappa shape index (κ1) is 18.3. The van der Waals surface area contributed by atoms with Crippen LogP contribution in [-0.2, 0) is 4.79 Å². The lowest BCUT2D eigenvalue weighted by Crippen LogP contribution is -2.51. The van der Waals surface area contributed by atoms with E-state index in [1.165, 1.54) is 11.3 Å². The lowest BCUT2D eigenvalue weighted by atomic mass is 10.2. The first-order chi connectivity index (χ1) is 12.6. The molecule has 0 atom stereocenters. The number of hydrogen-bond donors (Lipinski definition) is 1. The monoisotopic (exact) mass is 373 g/mol. The van der Waals surface area contributed by atoms with Crippen molar-refractivity contribution in [1.82, 2.24) is 10.2 Å². The lowest BCUT2D eigenvalue weighted by Gasteiger charge is -2.36. The molecule has 0 aliphatic carbocycles. The van der Waals surface area contributed by atoms with Gasteiger partial charge in [-0.1, -0.05) is 12.1 Å². The molecule has 2 aromatic rings. The molecular weight excluding hydrogens is 350 g/mol. The maximum atomic E-state index is 12.4. The van der Waals surface area contributed by atoms with Crippen molar-refractivity contribution in [3.63, 3.8) is 0 Å². The summed E-state index contributed by atoms with van der Waals surface area (Å²) in [5.41, 5.74) is 1.04. The van der Waals surface area contributed by atoms with Crippen molar-refractivity contribution in [3.05, 3.63) is 46.2 Å². The van der Waals surface area contributed by atoms with Gasteiger partial charge in [0.1, 0.15) is 5.75 Å². The van der Waals surface area contributed by atoms with Crippen LogP contribution in [0.2, 0.25) is 0 Å². The van der Waals surface area contributed by atoms with E-state index in [-0.39, 0.29) is 18.4 Å². The Kier molecular flexibility index (Phi) is 5.78. The number of benzene rings is 1. The van der Waals surface area contributed by atoms with E-state index < -0.39 is 0 Å². The van der Waals surface area contributed by atoms with E-state index in [0.717, 1.165) is 29.4 Å². The molecule has 0 unspecified atom stereocenters. The van der Waals surface area contributed by atoms with Gasteiger partial charge in [-0.05, 0) is 31.2 Å². The van der Waals surface area contributed by atoms with Gasteiger partial charge in [-0.15, -0.1) is 11.3 Å². The molecule has 1 aliphatic heterocycles. The summed E-state index contributed by atoms with van der Waals surface area (Å²) in [6.07, 6.45) is 0. The minimum atomic E-state index is -0.191. The van der Waals surface area contributed by atoms with E-state index >= 15 is 0 Å². The van der Waals surface area contributed by atoms with Crippen LogP contribution in [0.25, 0.3) is 0 Å². The van der Waals surface area contributed by atoms with E-state index in [1.807, 2.05) is 37.3 Å². The number of thiophene rings is 1. The normalized spacial score (nSPS) is 14.2. The Labute approximate surface area is 157 Å². The zero-order valence-corrected chi connectivity index (χ0v) is 15.8. The quantitative estimate of drug-likeness (QED) is 0.872. The average molecular weight is 373 g/mol. The fourth-order valence-corrected chi connectivity index (χ4v) is 3.78. The minimum Gasteiger partial charge on any atom is -0.495 e. The van der Waals surface area contributed by atoms with Crippen molar-refractivity contribution < 1.29 is 14.3 Å². The number of ether oxygens (including phenoxy) is 1. The van der Waals surface area contributed by atoms with Gasteiger partial charge in [0, 0.05) is 31.1 Å². The molecule has 2 amide bonds. The number of amides is 2. The van der Waals surface area contributed by atoms with Crippen LogP contribution in [0.3, 0.4) is 0 Å². The molecule has 1 saturated heterocycles. The molecule has 1 aromatic carbocycles. The molecule has 0 radical (unpaired) electrons. The van der Waals surface area contributed by atoms with Crippen molar-refractivity contribution in [2.45, 2.75) is 6.92 Å². The van der Waals surface area contributed by atoms with Crippen molar-refractivity contribution >= 4 is 28.8 Å². The number of hydrogen-bond acceptors (Lipinski definition) is 5. The third kappa shape index (κ3) is 4.16. The highest BCUT2D eigenvalue weighted by Gasteiger charge is 2.23. The molecule has 3 rings (SSSR count). The highest BCUT2D eigenvalue weighted by molar-refractivity contribution is 7.13. The van der Waals surface area contributed by atoms with Gasteiger partial charge < -0.3 is 19.9 Å². The van der Waals surface area contributed by atoms with E-state index in [2.05, 4.69) is 10.2 Å². The Morgan fingerprint density at radius 2 is 1.85 bits per heavy atom. The van der Waals surface area contributed by atoms with Gasteiger partial charge in [-0.25, -0.2) is 0 Å².